The van der Waals surface area contributed by atoms with Crippen LogP contribution in [-0.4, -0.2) is 53.9 Å². The van der Waals surface area contributed by atoms with Gasteiger partial charge in [-0.1, -0.05) is 0 Å². The molecule has 3 heterocycles. The molecule has 0 spiro atoms. The highest BCUT2D eigenvalue weighted by molar-refractivity contribution is 5.72. The van der Waals surface area contributed by atoms with Crippen molar-refractivity contribution in [3.8, 4) is 0 Å². The summed E-state index contributed by atoms with van der Waals surface area (Å²) < 4.78 is 0. The second-order valence-electron chi connectivity index (χ2n) is 4.51. The van der Waals surface area contributed by atoms with Crippen LogP contribution in [0.4, 0.5) is 4.79 Å². The van der Waals surface area contributed by atoms with E-state index in [0.29, 0.717) is 24.7 Å². The standard InChI is InChI=1S/C11H13N9O/c12-11(21)20-1-7(9-15-3-13-4-16-9)19-8(2-20)10-17-5-14-6-18-10/h3-8,19H,1-2H2,(H2,12,21). The number of nitrogens with zero attached hydrogens (tertiary/aromatic N) is 7. The molecule has 10 nitrogen and oxygen atoms in total. The fraction of sp³-hybridized carbons (Fsp3) is 0.364. The van der Waals surface area contributed by atoms with Gasteiger partial charge in [-0.3, -0.25) is 5.32 Å². The summed E-state index contributed by atoms with van der Waals surface area (Å²) in [5, 5.41) is 3.32. The van der Waals surface area contributed by atoms with Crippen molar-refractivity contribution in [3.63, 3.8) is 0 Å². The van der Waals surface area contributed by atoms with Crippen LogP contribution in [0.25, 0.3) is 0 Å². The Balaban J connectivity index is 1.87. The molecule has 10 heteroatoms. The summed E-state index contributed by atoms with van der Waals surface area (Å²) in [4.78, 5) is 37.0. The molecule has 108 valence electrons. The highest BCUT2D eigenvalue weighted by atomic mass is 16.2. The van der Waals surface area contributed by atoms with Gasteiger partial charge in [-0.2, -0.15) is 0 Å². The zero-order chi connectivity index (χ0) is 14.7. The van der Waals surface area contributed by atoms with Gasteiger partial charge in [0.05, 0.1) is 12.1 Å². The Morgan fingerprint density at radius 2 is 1.43 bits per heavy atom. The summed E-state index contributed by atoms with van der Waals surface area (Å²) in [5.74, 6) is 1.07. The molecule has 2 amide bonds. The highest BCUT2D eigenvalue weighted by Crippen LogP contribution is 2.22. The van der Waals surface area contributed by atoms with Crippen molar-refractivity contribution in [2.45, 2.75) is 12.1 Å². The van der Waals surface area contributed by atoms with Gasteiger partial charge >= 0.3 is 6.03 Å². The zero-order valence-corrected chi connectivity index (χ0v) is 11.0. The van der Waals surface area contributed by atoms with E-state index in [-0.39, 0.29) is 12.1 Å². The molecule has 0 aromatic carbocycles. The fourth-order valence-electron chi connectivity index (χ4n) is 2.21. The van der Waals surface area contributed by atoms with Crippen LogP contribution in [0.15, 0.2) is 25.3 Å². The van der Waals surface area contributed by atoms with Crippen LogP contribution >= 0.6 is 0 Å². The molecule has 1 fully saturated rings. The second-order valence-corrected chi connectivity index (χ2v) is 4.51. The van der Waals surface area contributed by atoms with Crippen molar-refractivity contribution >= 4 is 6.03 Å². The van der Waals surface area contributed by atoms with Gasteiger partial charge in [-0.15, -0.1) is 0 Å². The Morgan fingerprint density at radius 1 is 1.00 bits per heavy atom. The van der Waals surface area contributed by atoms with E-state index in [1.807, 2.05) is 0 Å². The lowest BCUT2D eigenvalue weighted by atomic mass is 10.1. The van der Waals surface area contributed by atoms with E-state index in [4.69, 9.17) is 5.73 Å². The Morgan fingerprint density at radius 3 is 1.81 bits per heavy atom. The van der Waals surface area contributed by atoms with Gasteiger partial charge in [0.1, 0.15) is 25.3 Å². The van der Waals surface area contributed by atoms with Crippen LogP contribution < -0.4 is 11.1 Å². The first-order valence-electron chi connectivity index (χ1n) is 6.28. The van der Waals surface area contributed by atoms with Crippen molar-refractivity contribution in [1.29, 1.82) is 0 Å². The van der Waals surface area contributed by atoms with Crippen molar-refractivity contribution < 1.29 is 4.79 Å². The van der Waals surface area contributed by atoms with E-state index in [1.165, 1.54) is 30.2 Å². The zero-order valence-electron chi connectivity index (χ0n) is 11.0. The van der Waals surface area contributed by atoms with Gasteiger partial charge < -0.3 is 10.6 Å². The number of piperazine rings is 1. The minimum atomic E-state index is -0.505. The smallest absolute Gasteiger partial charge is 0.314 e. The molecule has 1 aliphatic rings. The van der Waals surface area contributed by atoms with Crippen molar-refractivity contribution in [3.05, 3.63) is 37.0 Å². The van der Waals surface area contributed by atoms with Gasteiger partial charge in [0.2, 0.25) is 0 Å². The van der Waals surface area contributed by atoms with E-state index >= 15 is 0 Å². The van der Waals surface area contributed by atoms with Crippen LogP contribution in [0.1, 0.15) is 23.7 Å². The summed E-state index contributed by atoms with van der Waals surface area (Å²) in [7, 11) is 0. The Bertz CT molecular complexity index is 560. The van der Waals surface area contributed by atoms with Gasteiger partial charge in [0, 0.05) is 13.1 Å². The van der Waals surface area contributed by atoms with Gasteiger partial charge in [0.25, 0.3) is 0 Å². The summed E-state index contributed by atoms with van der Waals surface area (Å²) in [6.45, 7) is 0.752. The first-order valence-corrected chi connectivity index (χ1v) is 6.28. The van der Waals surface area contributed by atoms with E-state index < -0.39 is 6.03 Å². The molecule has 0 bridgehead atoms. The van der Waals surface area contributed by atoms with Gasteiger partial charge in [-0.25, -0.2) is 34.7 Å². The highest BCUT2D eigenvalue weighted by Gasteiger charge is 2.32. The molecule has 0 radical (unpaired) electrons. The summed E-state index contributed by atoms with van der Waals surface area (Å²) in [6, 6.07) is -1.04. The molecule has 3 N–H and O–H groups in total. The third-order valence-electron chi connectivity index (χ3n) is 3.17. The first-order chi connectivity index (χ1) is 10.2. The number of hydrogen-bond acceptors (Lipinski definition) is 8. The van der Waals surface area contributed by atoms with E-state index in [9.17, 15) is 4.79 Å². The summed E-state index contributed by atoms with van der Waals surface area (Å²) in [5.41, 5.74) is 5.40. The molecule has 21 heavy (non-hydrogen) atoms. The molecule has 2 atom stereocenters. The lowest BCUT2D eigenvalue weighted by molar-refractivity contribution is 0.161. The van der Waals surface area contributed by atoms with Crippen LogP contribution in [0.5, 0.6) is 0 Å². The number of amides is 2. The number of nitrogens with one attached hydrogen (secondary N) is 1. The number of carbonyl (C=O) groups is 1. The second kappa shape index (κ2) is 5.71. The number of aromatic nitrogens is 6. The molecule has 1 saturated heterocycles. The number of urea groups is 1. The maximum Gasteiger partial charge on any atom is 0.314 e. The number of carbonyl (C=O) groups excluding carboxylic acids is 1. The molecular formula is C11H13N9O. The third kappa shape index (κ3) is 2.89. The maximum atomic E-state index is 11.5. The topological polar surface area (TPSA) is 136 Å². The monoisotopic (exact) mass is 287 g/mol. The lowest BCUT2D eigenvalue weighted by Crippen LogP contribution is -2.52. The minimum Gasteiger partial charge on any atom is -0.351 e. The van der Waals surface area contributed by atoms with Crippen LogP contribution in [0.3, 0.4) is 0 Å². The van der Waals surface area contributed by atoms with E-state index in [2.05, 4.69) is 35.2 Å². The van der Waals surface area contributed by atoms with Gasteiger partial charge in [0.15, 0.2) is 11.6 Å². The lowest BCUT2D eigenvalue weighted by Gasteiger charge is -2.36. The molecular weight excluding hydrogens is 274 g/mol. The number of primary amides is 1. The predicted octanol–water partition coefficient (Wildman–Crippen LogP) is -1.18. The predicted molar refractivity (Wildman–Crippen MR) is 69.4 cm³/mol. The molecule has 2 aromatic rings. The van der Waals surface area contributed by atoms with E-state index in [1.54, 1.807) is 0 Å². The SMILES string of the molecule is NC(=O)N1CC(c2ncncn2)NC(c2ncncn2)C1. The average Bonchev–Trinajstić information content (AvgIpc) is 2.56. The number of rotatable bonds is 2. The van der Waals surface area contributed by atoms with Crippen LogP contribution in [0.2, 0.25) is 0 Å². The maximum absolute atomic E-state index is 11.5. The molecule has 1 aliphatic heterocycles. The molecule has 0 saturated carbocycles. The minimum absolute atomic E-state index is 0.268. The molecule has 2 unspecified atom stereocenters. The number of nitrogens with two attached hydrogens (primary N) is 1. The first kappa shape index (κ1) is 13.2. The average molecular weight is 287 g/mol. The normalized spacial score (nSPS) is 22.0. The van der Waals surface area contributed by atoms with Crippen molar-refractivity contribution in [1.82, 2.24) is 40.1 Å². The largest absolute Gasteiger partial charge is 0.351 e. The number of hydrogen-bond donors (Lipinski definition) is 2. The Kier molecular flexibility index (Phi) is 3.60. The summed E-state index contributed by atoms with van der Waals surface area (Å²) >= 11 is 0. The van der Waals surface area contributed by atoms with Crippen molar-refractivity contribution in [2.75, 3.05) is 13.1 Å². The van der Waals surface area contributed by atoms with Crippen LogP contribution in [0, 0.1) is 0 Å². The third-order valence-corrected chi connectivity index (χ3v) is 3.17. The molecule has 0 aliphatic carbocycles. The summed E-state index contributed by atoms with van der Waals surface area (Å²) in [6.07, 6.45) is 5.63. The van der Waals surface area contributed by atoms with E-state index in [0.717, 1.165) is 0 Å². The Labute approximate surface area is 119 Å². The quantitative estimate of drug-likeness (QED) is 0.704. The van der Waals surface area contributed by atoms with Gasteiger partial charge in [-0.05, 0) is 0 Å². The van der Waals surface area contributed by atoms with Crippen LogP contribution in [-0.2, 0) is 0 Å². The van der Waals surface area contributed by atoms with Crippen molar-refractivity contribution in [2.24, 2.45) is 5.73 Å². The molecule has 2 aromatic heterocycles. The Hall–Kier alpha value is -2.75. The molecule has 3 rings (SSSR count). The fourth-order valence-corrected chi connectivity index (χ4v) is 2.21.